The van der Waals surface area contributed by atoms with Gasteiger partial charge < -0.3 is 10.4 Å². The highest BCUT2D eigenvalue weighted by Crippen LogP contribution is 2.26. The summed E-state index contributed by atoms with van der Waals surface area (Å²) in [5, 5.41) is 12.9. The standard InChI is InChI=1S/C12H16N2O2S/c1-9-4-10(6-13-5-9)11(15)14-7-12(16)2-3-17-8-12/h4-6,16H,2-3,7-8H2,1H3,(H,14,15). The molecule has 1 aliphatic heterocycles. The maximum Gasteiger partial charge on any atom is 0.252 e. The summed E-state index contributed by atoms with van der Waals surface area (Å²) in [6.45, 7) is 2.21. The van der Waals surface area contributed by atoms with E-state index in [-0.39, 0.29) is 5.91 Å². The SMILES string of the molecule is Cc1cncc(C(=O)NCC2(O)CCSC2)c1. The van der Waals surface area contributed by atoms with E-state index in [4.69, 9.17) is 0 Å². The number of hydrogen-bond donors (Lipinski definition) is 2. The molecule has 1 atom stereocenters. The quantitative estimate of drug-likeness (QED) is 0.842. The molecule has 0 saturated carbocycles. The summed E-state index contributed by atoms with van der Waals surface area (Å²) in [5.74, 6) is 1.48. The van der Waals surface area contributed by atoms with Crippen LogP contribution in [0.15, 0.2) is 18.5 Å². The van der Waals surface area contributed by atoms with Gasteiger partial charge in [0.1, 0.15) is 0 Å². The lowest BCUT2D eigenvalue weighted by molar-refractivity contribution is 0.0612. The Labute approximate surface area is 105 Å². The number of thioether (sulfide) groups is 1. The second-order valence-corrected chi connectivity index (χ2v) is 5.57. The van der Waals surface area contributed by atoms with Crippen molar-refractivity contribution in [3.8, 4) is 0 Å². The van der Waals surface area contributed by atoms with Crippen LogP contribution in [0.3, 0.4) is 0 Å². The molecule has 1 aromatic heterocycles. The zero-order valence-electron chi connectivity index (χ0n) is 9.77. The van der Waals surface area contributed by atoms with Crippen molar-refractivity contribution in [2.24, 2.45) is 0 Å². The summed E-state index contributed by atoms with van der Waals surface area (Å²) in [6, 6.07) is 1.79. The number of pyridine rings is 1. The zero-order chi connectivity index (χ0) is 12.3. The molecule has 1 fully saturated rings. The minimum absolute atomic E-state index is 0.175. The number of hydrogen-bond acceptors (Lipinski definition) is 4. The van der Waals surface area contributed by atoms with E-state index in [0.717, 1.165) is 17.7 Å². The van der Waals surface area contributed by atoms with Gasteiger partial charge >= 0.3 is 0 Å². The molecule has 0 bridgehead atoms. The van der Waals surface area contributed by atoms with Gasteiger partial charge in [0.05, 0.1) is 11.2 Å². The van der Waals surface area contributed by atoms with Crippen molar-refractivity contribution in [2.45, 2.75) is 18.9 Å². The zero-order valence-corrected chi connectivity index (χ0v) is 10.6. The van der Waals surface area contributed by atoms with Gasteiger partial charge in [-0.05, 0) is 30.7 Å². The van der Waals surface area contributed by atoms with Crippen LogP contribution >= 0.6 is 11.8 Å². The van der Waals surface area contributed by atoms with Crippen molar-refractivity contribution in [1.82, 2.24) is 10.3 Å². The van der Waals surface area contributed by atoms with Gasteiger partial charge in [0, 0.05) is 24.7 Å². The monoisotopic (exact) mass is 252 g/mol. The predicted octanol–water partition coefficient (Wildman–Crippen LogP) is 0.988. The number of aryl methyl sites for hydroxylation is 1. The van der Waals surface area contributed by atoms with Gasteiger partial charge in [-0.3, -0.25) is 9.78 Å². The number of carbonyl (C=O) groups excluding carboxylic acids is 1. The van der Waals surface area contributed by atoms with Crippen molar-refractivity contribution >= 4 is 17.7 Å². The van der Waals surface area contributed by atoms with Crippen LogP contribution in [0.5, 0.6) is 0 Å². The Bertz CT molecular complexity index is 417. The summed E-state index contributed by atoms with van der Waals surface area (Å²) in [6.07, 6.45) is 3.98. The highest BCUT2D eigenvalue weighted by atomic mass is 32.2. The fourth-order valence-corrected chi connectivity index (χ4v) is 3.06. The van der Waals surface area contributed by atoms with E-state index in [2.05, 4.69) is 10.3 Å². The molecule has 5 heteroatoms. The van der Waals surface area contributed by atoms with Crippen LogP contribution in [0.1, 0.15) is 22.3 Å². The van der Waals surface area contributed by atoms with Gasteiger partial charge in [0.2, 0.25) is 0 Å². The van der Waals surface area contributed by atoms with Crippen molar-refractivity contribution in [3.05, 3.63) is 29.6 Å². The first kappa shape index (κ1) is 12.4. The van der Waals surface area contributed by atoms with Crippen LogP contribution in [-0.2, 0) is 0 Å². The smallest absolute Gasteiger partial charge is 0.252 e. The fraction of sp³-hybridized carbons (Fsp3) is 0.500. The molecule has 1 aliphatic rings. The average Bonchev–Trinajstić information content (AvgIpc) is 2.74. The highest BCUT2D eigenvalue weighted by Gasteiger charge is 2.31. The van der Waals surface area contributed by atoms with Crippen molar-refractivity contribution < 1.29 is 9.90 Å². The highest BCUT2D eigenvalue weighted by molar-refractivity contribution is 7.99. The van der Waals surface area contributed by atoms with Crippen LogP contribution < -0.4 is 5.32 Å². The van der Waals surface area contributed by atoms with Gasteiger partial charge in [0.25, 0.3) is 5.91 Å². The van der Waals surface area contributed by atoms with E-state index < -0.39 is 5.60 Å². The number of rotatable bonds is 3. The van der Waals surface area contributed by atoms with E-state index in [0.29, 0.717) is 17.9 Å². The molecule has 2 rings (SSSR count). The molecule has 0 spiro atoms. The molecular weight excluding hydrogens is 236 g/mol. The van der Waals surface area contributed by atoms with Gasteiger partial charge in [-0.25, -0.2) is 0 Å². The Morgan fingerprint density at radius 1 is 1.65 bits per heavy atom. The Hall–Kier alpha value is -1.07. The van der Waals surface area contributed by atoms with Crippen LogP contribution in [0.4, 0.5) is 0 Å². The third kappa shape index (κ3) is 3.20. The first-order chi connectivity index (χ1) is 8.09. The molecule has 0 aromatic carbocycles. The summed E-state index contributed by atoms with van der Waals surface area (Å²) < 4.78 is 0. The molecule has 2 heterocycles. The average molecular weight is 252 g/mol. The minimum Gasteiger partial charge on any atom is -0.387 e. The van der Waals surface area contributed by atoms with E-state index >= 15 is 0 Å². The van der Waals surface area contributed by atoms with E-state index in [1.165, 1.54) is 6.20 Å². The van der Waals surface area contributed by atoms with Gasteiger partial charge in [-0.15, -0.1) is 0 Å². The Morgan fingerprint density at radius 2 is 2.47 bits per heavy atom. The predicted molar refractivity (Wildman–Crippen MR) is 68.2 cm³/mol. The second-order valence-electron chi connectivity index (χ2n) is 4.46. The van der Waals surface area contributed by atoms with Crippen molar-refractivity contribution in [2.75, 3.05) is 18.1 Å². The lowest BCUT2D eigenvalue weighted by atomic mass is 10.0. The molecule has 1 saturated heterocycles. The molecule has 4 nitrogen and oxygen atoms in total. The van der Waals surface area contributed by atoms with Crippen molar-refractivity contribution in [1.29, 1.82) is 0 Å². The number of nitrogens with zero attached hydrogens (tertiary/aromatic N) is 1. The van der Waals surface area contributed by atoms with E-state index in [1.807, 2.05) is 6.92 Å². The third-order valence-corrected chi connectivity index (χ3v) is 4.03. The lowest BCUT2D eigenvalue weighted by Gasteiger charge is -2.21. The summed E-state index contributed by atoms with van der Waals surface area (Å²) in [7, 11) is 0. The topological polar surface area (TPSA) is 62.2 Å². The molecule has 2 N–H and O–H groups in total. The number of amides is 1. The Kier molecular flexibility index (Phi) is 3.69. The lowest BCUT2D eigenvalue weighted by Crippen LogP contribution is -2.42. The number of aliphatic hydroxyl groups is 1. The fourth-order valence-electron chi connectivity index (χ4n) is 1.76. The maximum absolute atomic E-state index is 11.8. The number of carbonyl (C=O) groups is 1. The molecule has 0 aliphatic carbocycles. The van der Waals surface area contributed by atoms with Crippen LogP contribution in [0.25, 0.3) is 0 Å². The molecule has 1 amide bonds. The third-order valence-electron chi connectivity index (χ3n) is 2.80. The second kappa shape index (κ2) is 5.06. The number of nitrogens with one attached hydrogen (secondary N) is 1. The van der Waals surface area contributed by atoms with Crippen molar-refractivity contribution in [3.63, 3.8) is 0 Å². The largest absolute Gasteiger partial charge is 0.387 e. The van der Waals surface area contributed by atoms with Crippen LogP contribution in [0, 0.1) is 6.92 Å². The summed E-state index contributed by atoms with van der Waals surface area (Å²) in [4.78, 5) is 15.8. The molecular formula is C12H16N2O2S. The molecule has 1 unspecified atom stereocenters. The van der Waals surface area contributed by atoms with Gasteiger partial charge in [-0.2, -0.15) is 11.8 Å². The van der Waals surface area contributed by atoms with E-state index in [9.17, 15) is 9.90 Å². The van der Waals surface area contributed by atoms with E-state index in [1.54, 1.807) is 24.0 Å². The Morgan fingerprint density at radius 3 is 3.12 bits per heavy atom. The van der Waals surface area contributed by atoms with Crippen LogP contribution in [-0.4, -0.2) is 39.6 Å². The Balaban J connectivity index is 1.93. The first-order valence-corrected chi connectivity index (χ1v) is 6.75. The first-order valence-electron chi connectivity index (χ1n) is 5.59. The van der Waals surface area contributed by atoms with Gasteiger partial charge in [0.15, 0.2) is 0 Å². The molecule has 92 valence electrons. The molecule has 1 aromatic rings. The minimum atomic E-state index is -0.739. The summed E-state index contributed by atoms with van der Waals surface area (Å²) >= 11 is 1.72. The normalized spacial score (nSPS) is 23.6. The molecule has 17 heavy (non-hydrogen) atoms. The van der Waals surface area contributed by atoms with Gasteiger partial charge in [-0.1, -0.05) is 0 Å². The maximum atomic E-state index is 11.8. The van der Waals surface area contributed by atoms with Crippen LogP contribution in [0.2, 0.25) is 0 Å². The number of aromatic nitrogens is 1. The molecule has 0 radical (unpaired) electrons. The summed E-state index contributed by atoms with van der Waals surface area (Å²) in [5.41, 5.74) is 0.754.